The first-order valence-corrected chi connectivity index (χ1v) is 11.9. The molecule has 0 spiro atoms. The highest BCUT2D eigenvalue weighted by Gasteiger charge is 2.45. The lowest BCUT2D eigenvalue weighted by Crippen LogP contribution is -2.32. The van der Waals surface area contributed by atoms with Gasteiger partial charge < -0.3 is 15.3 Å². The Morgan fingerprint density at radius 1 is 1.30 bits per heavy atom. The van der Waals surface area contributed by atoms with Gasteiger partial charge in [0.1, 0.15) is 0 Å². The van der Waals surface area contributed by atoms with Crippen molar-refractivity contribution in [1.82, 2.24) is 0 Å². The number of fused-ring (bicyclic) bond motifs is 1. The van der Waals surface area contributed by atoms with Crippen molar-refractivity contribution in [2.75, 3.05) is 0 Å². The third-order valence-corrected chi connectivity index (χ3v) is 7.83. The van der Waals surface area contributed by atoms with E-state index < -0.39 is 17.8 Å². The van der Waals surface area contributed by atoms with E-state index in [0.29, 0.717) is 24.7 Å². The molecule has 3 rings (SSSR count). The Labute approximate surface area is 183 Å². The van der Waals surface area contributed by atoms with Gasteiger partial charge in [0.05, 0.1) is 17.8 Å². The summed E-state index contributed by atoms with van der Waals surface area (Å²) >= 11 is 0. The van der Waals surface area contributed by atoms with Gasteiger partial charge in [0.2, 0.25) is 0 Å². The lowest BCUT2D eigenvalue weighted by atomic mass is 9.62. The van der Waals surface area contributed by atoms with E-state index in [-0.39, 0.29) is 5.41 Å². The minimum Gasteiger partial charge on any atom is -0.393 e. The van der Waals surface area contributed by atoms with Gasteiger partial charge in [-0.3, -0.25) is 0 Å². The molecule has 168 valence electrons. The maximum absolute atomic E-state index is 10.1. The maximum Gasteiger partial charge on any atom is 0.0811 e. The van der Waals surface area contributed by atoms with Gasteiger partial charge in [-0.2, -0.15) is 0 Å². The van der Waals surface area contributed by atoms with Crippen LogP contribution in [0, 0.1) is 17.3 Å². The van der Waals surface area contributed by atoms with Crippen LogP contribution >= 0.6 is 0 Å². The SMILES string of the molecule is C=C1/C(=C\C=C2/CCC[C@]3(C)C([C@H](C)CCCC(C)(C)O)=CCC23)C[C@H](O)C[C@@H]1O. The van der Waals surface area contributed by atoms with E-state index in [1.54, 1.807) is 5.57 Å². The summed E-state index contributed by atoms with van der Waals surface area (Å²) in [5.74, 6) is 1.12. The minimum absolute atomic E-state index is 0.235. The molecule has 0 aromatic heterocycles. The van der Waals surface area contributed by atoms with Crippen molar-refractivity contribution in [1.29, 1.82) is 0 Å². The molecule has 2 fully saturated rings. The molecule has 3 aliphatic rings. The summed E-state index contributed by atoms with van der Waals surface area (Å²) in [5.41, 5.74) is 4.55. The van der Waals surface area contributed by atoms with Crippen LogP contribution in [0.25, 0.3) is 0 Å². The highest BCUT2D eigenvalue weighted by molar-refractivity contribution is 5.40. The number of aliphatic hydroxyl groups excluding tert-OH is 2. The van der Waals surface area contributed by atoms with Crippen LogP contribution in [0.3, 0.4) is 0 Å². The number of rotatable bonds is 6. The van der Waals surface area contributed by atoms with Gasteiger partial charge in [-0.05, 0) is 87.2 Å². The zero-order valence-corrected chi connectivity index (χ0v) is 19.5. The Bertz CT molecular complexity index is 736. The quantitative estimate of drug-likeness (QED) is 0.494. The molecule has 0 radical (unpaired) electrons. The Balaban J connectivity index is 1.71. The van der Waals surface area contributed by atoms with E-state index in [1.807, 2.05) is 13.8 Å². The predicted octanol–water partition coefficient (Wildman–Crippen LogP) is 5.62. The molecular formula is C27H42O3. The van der Waals surface area contributed by atoms with Crippen LogP contribution in [0.5, 0.6) is 0 Å². The van der Waals surface area contributed by atoms with Crippen molar-refractivity contribution < 1.29 is 15.3 Å². The molecule has 0 aliphatic heterocycles. The normalized spacial score (nSPS) is 36.2. The van der Waals surface area contributed by atoms with Gasteiger partial charge in [-0.1, -0.05) is 56.2 Å². The van der Waals surface area contributed by atoms with E-state index in [2.05, 4.69) is 38.7 Å². The molecule has 1 unspecified atom stereocenters. The monoisotopic (exact) mass is 414 g/mol. The van der Waals surface area contributed by atoms with Gasteiger partial charge in [-0.25, -0.2) is 0 Å². The number of hydrogen-bond donors (Lipinski definition) is 3. The summed E-state index contributed by atoms with van der Waals surface area (Å²) in [5, 5.41) is 30.2. The van der Waals surface area contributed by atoms with E-state index in [0.717, 1.165) is 43.3 Å². The summed E-state index contributed by atoms with van der Waals surface area (Å²) in [6, 6.07) is 0. The van der Waals surface area contributed by atoms with Gasteiger partial charge in [-0.15, -0.1) is 0 Å². The second-order valence-corrected chi connectivity index (χ2v) is 10.9. The molecule has 0 aromatic carbocycles. The summed E-state index contributed by atoms with van der Waals surface area (Å²) in [4.78, 5) is 0. The highest BCUT2D eigenvalue weighted by atomic mass is 16.3. The molecule has 0 heterocycles. The van der Waals surface area contributed by atoms with E-state index in [1.165, 1.54) is 18.4 Å². The third kappa shape index (κ3) is 5.18. The van der Waals surface area contributed by atoms with Crippen molar-refractivity contribution in [3.05, 3.63) is 47.1 Å². The fraction of sp³-hybridized carbons (Fsp3) is 0.704. The first kappa shape index (κ1) is 23.5. The van der Waals surface area contributed by atoms with Crippen LogP contribution in [0.2, 0.25) is 0 Å². The topological polar surface area (TPSA) is 60.7 Å². The lowest BCUT2D eigenvalue weighted by Gasteiger charge is -2.42. The van der Waals surface area contributed by atoms with Gasteiger partial charge in [0.15, 0.2) is 0 Å². The molecule has 0 saturated heterocycles. The molecule has 0 amide bonds. The number of hydrogen-bond acceptors (Lipinski definition) is 3. The molecular weight excluding hydrogens is 372 g/mol. The Hall–Kier alpha value is -1.16. The smallest absolute Gasteiger partial charge is 0.0811 e. The van der Waals surface area contributed by atoms with Crippen molar-refractivity contribution in [3.8, 4) is 0 Å². The second-order valence-electron chi connectivity index (χ2n) is 10.9. The molecule has 30 heavy (non-hydrogen) atoms. The van der Waals surface area contributed by atoms with Crippen LogP contribution in [-0.2, 0) is 0 Å². The van der Waals surface area contributed by atoms with Crippen LogP contribution in [0.4, 0.5) is 0 Å². The van der Waals surface area contributed by atoms with Gasteiger partial charge in [0.25, 0.3) is 0 Å². The lowest BCUT2D eigenvalue weighted by molar-refractivity contribution is 0.0670. The third-order valence-electron chi connectivity index (χ3n) is 7.83. The first-order valence-electron chi connectivity index (χ1n) is 11.9. The summed E-state index contributed by atoms with van der Waals surface area (Å²) in [7, 11) is 0. The first-order chi connectivity index (χ1) is 14.0. The summed E-state index contributed by atoms with van der Waals surface area (Å²) < 4.78 is 0. The summed E-state index contributed by atoms with van der Waals surface area (Å²) in [6.45, 7) is 12.7. The fourth-order valence-corrected chi connectivity index (χ4v) is 6.08. The Morgan fingerprint density at radius 2 is 2.03 bits per heavy atom. The van der Waals surface area contributed by atoms with E-state index in [9.17, 15) is 15.3 Å². The van der Waals surface area contributed by atoms with Crippen molar-refractivity contribution >= 4 is 0 Å². The number of aliphatic hydroxyl groups is 3. The molecule has 2 saturated carbocycles. The molecule has 0 aromatic rings. The highest BCUT2D eigenvalue weighted by Crippen LogP contribution is 2.57. The molecule has 5 atom stereocenters. The van der Waals surface area contributed by atoms with Gasteiger partial charge in [0, 0.05) is 6.42 Å². The van der Waals surface area contributed by atoms with Crippen molar-refractivity contribution in [2.45, 2.75) is 103 Å². The van der Waals surface area contributed by atoms with Crippen LogP contribution < -0.4 is 0 Å². The molecule has 3 nitrogen and oxygen atoms in total. The van der Waals surface area contributed by atoms with Crippen LogP contribution in [0.15, 0.2) is 47.1 Å². The molecule has 3 N–H and O–H groups in total. The fourth-order valence-electron chi connectivity index (χ4n) is 6.08. The summed E-state index contributed by atoms with van der Waals surface area (Å²) in [6.07, 6.45) is 14.5. The van der Waals surface area contributed by atoms with E-state index >= 15 is 0 Å². The van der Waals surface area contributed by atoms with Gasteiger partial charge >= 0.3 is 0 Å². The maximum atomic E-state index is 10.1. The van der Waals surface area contributed by atoms with E-state index in [4.69, 9.17) is 0 Å². The number of allylic oxidation sites excluding steroid dienone is 5. The zero-order valence-electron chi connectivity index (χ0n) is 19.5. The average molecular weight is 415 g/mol. The molecule has 3 aliphatic carbocycles. The zero-order chi connectivity index (χ0) is 22.1. The van der Waals surface area contributed by atoms with Crippen molar-refractivity contribution in [3.63, 3.8) is 0 Å². The van der Waals surface area contributed by atoms with Crippen molar-refractivity contribution in [2.24, 2.45) is 17.3 Å². The second kappa shape index (κ2) is 9.14. The van der Waals surface area contributed by atoms with Crippen LogP contribution in [0.1, 0.15) is 85.5 Å². The standard InChI is InChI=1S/C27H42O3/c1-18(8-6-14-26(3,4)30)23-12-13-24-20(9-7-15-27(23,24)5)10-11-21-16-22(28)17-25(29)19(21)2/h10-12,18,22,24-25,28-30H,2,6-9,13-17H2,1,3-5H3/b20-10+,21-11-/t18-,22+,24?,25+,27-/m1/s1. The Kier molecular flexibility index (Phi) is 7.16. The molecule has 3 heteroatoms. The largest absolute Gasteiger partial charge is 0.393 e. The minimum atomic E-state index is -0.625. The Morgan fingerprint density at radius 3 is 2.73 bits per heavy atom. The average Bonchev–Trinajstić information content (AvgIpc) is 3.00. The van der Waals surface area contributed by atoms with Crippen LogP contribution in [-0.4, -0.2) is 33.1 Å². The molecule has 0 bridgehead atoms. The predicted molar refractivity (Wildman–Crippen MR) is 124 cm³/mol.